The molecule has 2 rings (SSSR count). The maximum absolute atomic E-state index is 5.46. The number of nitrogen functional groups attached to an aromatic ring is 1. The number of hydrogen-bond donors (Lipinski definition) is 2. The number of thioether (sulfide) groups is 1. The number of aromatic nitrogens is 2. The minimum absolute atomic E-state index is 0.592. The van der Waals surface area contributed by atoms with Gasteiger partial charge < -0.3 is 10.2 Å². The minimum Gasteiger partial charge on any atom is -0.381 e. The maximum Gasteiger partial charge on any atom is 0.147 e. The lowest BCUT2D eigenvalue weighted by molar-refractivity contribution is 0.1000. The highest BCUT2D eigenvalue weighted by atomic mass is 32.2. The van der Waals surface area contributed by atoms with E-state index in [2.05, 4.69) is 22.3 Å². The first-order valence-corrected chi connectivity index (χ1v) is 6.78. The van der Waals surface area contributed by atoms with Crippen LogP contribution in [0.25, 0.3) is 0 Å². The molecular formula is C11H18N4OS. The van der Waals surface area contributed by atoms with Crippen LogP contribution in [0, 0.1) is 0 Å². The van der Waals surface area contributed by atoms with Crippen LogP contribution in [0.4, 0.5) is 5.82 Å². The summed E-state index contributed by atoms with van der Waals surface area (Å²) >= 11 is 1.82. The van der Waals surface area contributed by atoms with Gasteiger partial charge in [-0.25, -0.2) is 15.8 Å². The summed E-state index contributed by atoms with van der Waals surface area (Å²) in [6.07, 6.45) is 4.62. The van der Waals surface area contributed by atoms with Gasteiger partial charge in [0.1, 0.15) is 17.2 Å². The first kappa shape index (κ1) is 12.6. The molecule has 0 unspecified atom stereocenters. The molecule has 1 saturated heterocycles. The first-order valence-electron chi connectivity index (χ1n) is 5.90. The first-order chi connectivity index (χ1) is 8.35. The number of hydrazine groups is 1. The van der Waals surface area contributed by atoms with Gasteiger partial charge in [-0.05, 0) is 19.3 Å². The van der Waals surface area contributed by atoms with Crippen molar-refractivity contribution in [1.82, 2.24) is 9.97 Å². The largest absolute Gasteiger partial charge is 0.381 e. The maximum atomic E-state index is 5.46. The molecule has 1 aliphatic heterocycles. The number of hydrogen-bond acceptors (Lipinski definition) is 6. The van der Waals surface area contributed by atoms with Crippen molar-refractivity contribution in [3.8, 4) is 0 Å². The van der Waals surface area contributed by atoms with Gasteiger partial charge in [0.25, 0.3) is 0 Å². The predicted molar refractivity (Wildman–Crippen MR) is 68.9 cm³/mol. The van der Waals surface area contributed by atoms with E-state index in [1.165, 1.54) is 0 Å². The van der Waals surface area contributed by atoms with Gasteiger partial charge in [0, 0.05) is 24.0 Å². The molecule has 1 aliphatic rings. The molecule has 5 nitrogen and oxygen atoms in total. The van der Waals surface area contributed by atoms with Crippen molar-refractivity contribution in [2.75, 3.05) is 18.6 Å². The van der Waals surface area contributed by atoms with Crippen LogP contribution >= 0.6 is 11.8 Å². The second kappa shape index (κ2) is 6.18. The summed E-state index contributed by atoms with van der Waals surface area (Å²) in [7, 11) is 0. The number of nitrogens with one attached hydrogen (secondary N) is 1. The van der Waals surface area contributed by atoms with Crippen molar-refractivity contribution in [2.24, 2.45) is 5.84 Å². The van der Waals surface area contributed by atoms with Crippen molar-refractivity contribution in [3.63, 3.8) is 0 Å². The Morgan fingerprint density at radius 1 is 1.47 bits per heavy atom. The third-order valence-electron chi connectivity index (χ3n) is 2.84. The fraction of sp³-hybridized carbons (Fsp3) is 0.636. The zero-order chi connectivity index (χ0) is 12.1. The van der Waals surface area contributed by atoms with Crippen LogP contribution in [0.3, 0.4) is 0 Å². The van der Waals surface area contributed by atoms with Crippen LogP contribution in [0.15, 0.2) is 11.4 Å². The molecule has 3 N–H and O–H groups in total. The lowest BCUT2D eigenvalue weighted by atomic mass is 10.2. The monoisotopic (exact) mass is 254 g/mol. The molecule has 1 aromatic rings. The van der Waals surface area contributed by atoms with Gasteiger partial charge in [0.05, 0.1) is 0 Å². The van der Waals surface area contributed by atoms with Gasteiger partial charge >= 0.3 is 0 Å². The Balaban J connectivity index is 2.13. The SMILES string of the molecule is CCc1c(NN)ncnc1SC1CCOCC1. The lowest BCUT2D eigenvalue weighted by Crippen LogP contribution is -2.18. The van der Waals surface area contributed by atoms with E-state index in [0.29, 0.717) is 5.25 Å². The molecule has 0 radical (unpaired) electrons. The molecule has 0 aliphatic carbocycles. The second-order valence-corrected chi connectivity index (χ2v) is 5.22. The normalized spacial score (nSPS) is 17.1. The van der Waals surface area contributed by atoms with Crippen molar-refractivity contribution < 1.29 is 4.74 Å². The van der Waals surface area contributed by atoms with E-state index in [1.54, 1.807) is 6.33 Å². The Bertz CT molecular complexity index is 368. The highest BCUT2D eigenvalue weighted by Crippen LogP contribution is 2.32. The average molecular weight is 254 g/mol. The number of rotatable bonds is 4. The third-order valence-corrected chi connectivity index (χ3v) is 4.22. The predicted octanol–water partition coefficient (Wildman–Crippen LogP) is 1.60. The number of nitrogens with zero attached hydrogens (tertiary/aromatic N) is 2. The van der Waals surface area contributed by atoms with Crippen LogP contribution in [-0.4, -0.2) is 28.4 Å². The molecule has 1 fully saturated rings. The molecule has 2 heterocycles. The second-order valence-electron chi connectivity index (χ2n) is 3.93. The van der Waals surface area contributed by atoms with E-state index in [4.69, 9.17) is 10.6 Å². The van der Waals surface area contributed by atoms with Gasteiger partial charge in [-0.2, -0.15) is 0 Å². The molecule has 17 heavy (non-hydrogen) atoms. The lowest BCUT2D eigenvalue weighted by Gasteiger charge is -2.22. The Hall–Kier alpha value is -0.850. The fourth-order valence-electron chi connectivity index (χ4n) is 1.89. The fourth-order valence-corrected chi connectivity index (χ4v) is 3.13. The molecule has 0 bridgehead atoms. The summed E-state index contributed by atoms with van der Waals surface area (Å²) < 4.78 is 5.36. The highest BCUT2D eigenvalue weighted by molar-refractivity contribution is 7.99. The standard InChI is InChI=1S/C11H18N4OS/c1-2-9-10(15-12)13-7-14-11(9)17-8-3-5-16-6-4-8/h7-8H,2-6,12H2,1H3,(H,13,14,15). The van der Waals surface area contributed by atoms with E-state index in [1.807, 2.05) is 11.8 Å². The van der Waals surface area contributed by atoms with E-state index in [9.17, 15) is 0 Å². The van der Waals surface area contributed by atoms with Crippen molar-refractivity contribution in [3.05, 3.63) is 11.9 Å². The van der Waals surface area contributed by atoms with E-state index < -0.39 is 0 Å². The van der Waals surface area contributed by atoms with Crippen LogP contribution < -0.4 is 11.3 Å². The topological polar surface area (TPSA) is 73.1 Å². The molecule has 1 aromatic heterocycles. The zero-order valence-electron chi connectivity index (χ0n) is 9.98. The molecule has 6 heteroatoms. The van der Waals surface area contributed by atoms with Crippen molar-refractivity contribution in [1.29, 1.82) is 0 Å². The molecule has 0 atom stereocenters. The van der Waals surface area contributed by atoms with Gasteiger partial charge in [-0.1, -0.05) is 6.92 Å². The van der Waals surface area contributed by atoms with E-state index in [-0.39, 0.29) is 0 Å². The molecule has 0 aromatic carbocycles. The van der Waals surface area contributed by atoms with Crippen LogP contribution in [-0.2, 0) is 11.2 Å². The van der Waals surface area contributed by atoms with Gasteiger partial charge in [-0.3, -0.25) is 0 Å². The summed E-state index contributed by atoms with van der Waals surface area (Å²) in [5.74, 6) is 6.19. The van der Waals surface area contributed by atoms with Crippen molar-refractivity contribution >= 4 is 17.6 Å². The Labute approximate surface area is 106 Å². The number of nitrogens with two attached hydrogens (primary N) is 1. The molecule has 0 saturated carbocycles. The summed E-state index contributed by atoms with van der Waals surface area (Å²) in [6.45, 7) is 3.80. The van der Waals surface area contributed by atoms with Crippen molar-refractivity contribution in [2.45, 2.75) is 36.5 Å². The molecule has 0 amide bonds. The smallest absolute Gasteiger partial charge is 0.147 e. The van der Waals surface area contributed by atoms with Gasteiger partial charge in [0.15, 0.2) is 0 Å². The van der Waals surface area contributed by atoms with Gasteiger partial charge in [-0.15, -0.1) is 11.8 Å². The third kappa shape index (κ3) is 3.08. The summed E-state index contributed by atoms with van der Waals surface area (Å²) in [5, 5.41) is 1.64. The Morgan fingerprint density at radius 2 is 2.24 bits per heavy atom. The van der Waals surface area contributed by atoms with Crippen LogP contribution in [0.5, 0.6) is 0 Å². The number of ether oxygens (including phenoxy) is 1. The van der Waals surface area contributed by atoms with Crippen LogP contribution in [0.1, 0.15) is 25.3 Å². The van der Waals surface area contributed by atoms with Gasteiger partial charge in [0.2, 0.25) is 0 Å². The molecule has 0 spiro atoms. The Kier molecular flexibility index (Phi) is 4.58. The van der Waals surface area contributed by atoms with Crippen LogP contribution in [0.2, 0.25) is 0 Å². The zero-order valence-corrected chi connectivity index (χ0v) is 10.8. The quantitative estimate of drug-likeness (QED) is 0.483. The number of anilines is 1. The summed E-state index contributed by atoms with van der Waals surface area (Å²) in [4.78, 5) is 8.50. The molecule has 94 valence electrons. The summed E-state index contributed by atoms with van der Waals surface area (Å²) in [6, 6.07) is 0. The van der Waals surface area contributed by atoms with E-state index in [0.717, 1.165) is 48.9 Å². The molecular weight excluding hydrogens is 236 g/mol. The minimum atomic E-state index is 0.592. The average Bonchev–Trinajstić information content (AvgIpc) is 2.39. The van der Waals surface area contributed by atoms with E-state index >= 15 is 0 Å². The summed E-state index contributed by atoms with van der Waals surface area (Å²) in [5.41, 5.74) is 3.74. The Morgan fingerprint density at radius 3 is 2.88 bits per heavy atom. The highest BCUT2D eigenvalue weighted by Gasteiger charge is 2.18.